The second-order valence-electron chi connectivity index (χ2n) is 7.13. The van der Waals surface area contributed by atoms with Crippen molar-refractivity contribution in [3.05, 3.63) is 59.8 Å². The highest BCUT2D eigenvalue weighted by Crippen LogP contribution is 2.29. The highest BCUT2D eigenvalue weighted by molar-refractivity contribution is 5.99. The van der Waals surface area contributed by atoms with Gasteiger partial charge in [0.2, 0.25) is 17.5 Å². The van der Waals surface area contributed by atoms with E-state index in [-0.39, 0.29) is 23.2 Å². The first-order valence-electron chi connectivity index (χ1n) is 10.4. The van der Waals surface area contributed by atoms with Crippen LogP contribution in [0.4, 0.5) is 11.5 Å². The molecule has 13 heteroatoms. The van der Waals surface area contributed by atoms with E-state index in [2.05, 4.69) is 41.1 Å². The smallest absolute Gasteiger partial charge is 0.294 e. The van der Waals surface area contributed by atoms with E-state index in [0.29, 0.717) is 34.9 Å². The fourth-order valence-electron chi connectivity index (χ4n) is 3.15. The molecule has 178 valence electrons. The van der Waals surface area contributed by atoms with Crippen molar-refractivity contribution in [1.82, 2.24) is 30.7 Å². The van der Waals surface area contributed by atoms with Gasteiger partial charge in [-0.3, -0.25) is 9.59 Å². The van der Waals surface area contributed by atoms with Gasteiger partial charge in [-0.15, -0.1) is 5.10 Å². The second kappa shape index (κ2) is 10.2. The number of anilines is 2. The molecule has 0 unspecified atom stereocenters. The van der Waals surface area contributed by atoms with Crippen LogP contribution in [0.25, 0.3) is 17.1 Å². The van der Waals surface area contributed by atoms with Crippen molar-refractivity contribution in [1.29, 1.82) is 0 Å². The van der Waals surface area contributed by atoms with Gasteiger partial charge in [-0.25, -0.2) is 10.1 Å². The Bertz CT molecular complexity index is 1380. The Hall–Kier alpha value is -5.07. The highest BCUT2D eigenvalue weighted by atomic mass is 16.6. The van der Waals surface area contributed by atoms with E-state index in [1.54, 1.807) is 48.5 Å². The van der Waals surface area contributed by atoms with Crippen molar-refractivity contribution < 1.29 is 19.0 Å². The number of hydrogen-bond donors (Lipinski definition) is 3. The molecular weight excluding hydrogens is 454 g/mol. The quantitative estimate of drug-likeness (QED) is 0.254. The average molecular weight is 475 g/mol. The van der Waals surface area contributed by atoms with Crippen molar-refractivity contribution in [3.63, 3.8) is 0 Å². The van der Waals surface area contributed by atoms with Gasteiger partial charge in [-0.2, -0.15) is 9.78 Å². The standard InChI is InChI=1S/C22H21N9O4/c1-3-34-17-6-4-5-15(11-17)19-18(26-30-31(19)21-20(23)28-35-29-21)22(33)27-24-12-14-7-9-16(10-8-14)25-13(2)32/h4-12H,3H2,1-2H3,(H2,23,28)(H,25,32)(H,27,33)/b24-12+. The van der Waals surface area contributed by atoms with E-state index in [1.165, 1.54) is 17.8 Å². The molecular formula is C22H21N9O4. The van der Waals surface area contributed by atoms with Crippen molar-refractivity contribution in [2.45, 2.75) is 13.8 Å². The molecule has 13 nitrogen and oxygen atoms in total. The number of nitrogens with zero attached hydrogens (tertiary/aromatic N) is 6. The number of nitrogen functional groups attached to an aromatic ring is 1. The zero-order valence-electron chi connectivity index (χ0n) is 18.8. The molecule has 2 aromatic carbocycles. The Balaban J connectivity index is 1.61. The number of aromatic nitrogens is 5. The lowest BCUT2D eigenvalue weighted by atomic mass is 10.1. The van der Waals surface area contributed by atoms with Crippen LogP contribution in [0.3, 0.4) is 0 Å². The van der Waals surface area contributed by atoms with Crippen LogP contribution in [0.5, 0.6) is 5.75 Å². The van der Waals surface area contributed by atoms with Crippen LogP contribution in [-0.2, 0) is 4.79 Å². The van der Waals surface area contributed by atoms with Gasteiger partial charge < -0.3 is 15.8 Å². The summed E-state index contributed by atoms with van der Waals surface area (Å²) in [4.78, 5) is 24.1. The predicted octanol–water partition coefficient (Wildman–Crippen LogP) is 2.02. The van der Waals surface area contributed by atoms with Crippen LogP contribution in [-0.4, -0.2) is 49.9 Å². The molecule has 0 aliphatic rings. The maximum Gasteiger partial charge on any atom is 0.294 e. The van der Waals surface area contributed by atoms with Gasteiger partial charge in [0.25, 0.3) is 5.91 Å². The second-order valence-corrected chi connectivity index (χ2v) is 7.13. The molecule has 2 heterocycles. The number of carbonyl (C=O) groups is 2. The SMILES string of the molecule is CCOc1cccc(-c2c(C(=O)N/N=C/c3ccc(NC(C)=O)cc3)nnn2-c2nonc2N)c1. The summed E-state index contributed by atoms with van der Waals surface area (Å²) in [7, 11) is 0. The number of nitrogens with one attached hydrogen (secondary N) is 2. The first-order valence-corrected chi connectivity index (χ1v) is 10.4. The first kappa shape index (κ1) is 23.1. The summed E-state index contributed by atoms with van der Waals surface area (Å²) in [5.74, 6) is -0.135. The predicted molar refractivity (Wildman–Crippen MR) is 126 cm³/mol. The van der Waals surface area contributed by atoms with Crippen molar-refractivity contribution in [3.8, 4) is 22.8 Å². The lowest BCUT2D eigenvalue weighted by Crippen LogP contribution is -2.19. The van der Waals surface area contributed by atoms with Gasteiger partial charge >= 0.3 is 0 Å². The van der Waals surface area contributed by atoms with E-state index < -0.39 is 5.91 Å². The number of carbonyl (C=O) groups excluding carboxylic acids is 2. The van der Waals surface area contributed by atoms with Gasteiger partial charge in [-0.05, 0) is 47.1 Å². The third-order valence-electron chi connectivity index (χ3n) is 4.61. The molecule has 0 atom stereocenters. The van der Waals surface area contributed by atoms with E-state index in [9.17, 15) is 9.59 Å². The minimum absolute atomic E-state index is 0.0233. The Labute approximate surface area is 198 Å². The summed E-state index contributed by atoms with van der Waals surface area (Å²) < 4.78 is 11.5. The molecule has 0 saturated heterocycles. The van der Waals surface area contributed by atoms with Gasteiger partial charge in [0.1, 0.15) is 11.4 Å². The van der Waals surface area contributed by atoms with Crippen molar-refractivity contribution in [2.75, 3.05) is 17.7 Å². The molecule has 0 aliphatic heterocycles. The molecule has 0 spiro atoms. The van der Waals surface area contributed by atoms with E-state index in [0.717, 1.165) is 0 Å². The Kier molecular flexibility index (Phi) is 6.76. The number of rotatable bonds is 8. The van der Waals surface area contributed by atoms with Crippen LogP contribution < -0.4 is 21.2 Å². The lowest BCUT2D eigenvalue weighted by Gasteiger charge is -2.08. The number of benzene rings is 2. The fourth-order valence-corrected chi connectivity index (χ4v) is 3.15. The van der Waals surface area contributed by atoms with Crippen LogP contribution in [0, 0.1) is 0 Å². The van der Waals surface area contributed by atoms with Gasteiger partial charge in [0.05, 0.1) is 12.8 Å². The van der Waals surface area contributed by atoms with Crippen LogP contribution in [0.15, 0.2) is 58.3 Å². The Morgan fingerprint density at radius 3 is 2.69 bits per heavy atom. The molecule has 0 bridgehead atoms. The number of amides is 2. The Morgan fingerprint density at radius 1 is 1.20 bits per heavy atom. The largest absolute Gasteiger partial charge is 0.494 e. The summed E-state index contributed by atoms with van der Waals surface area (Å²) in [5.41, 5.74) is 10.5. The first-order chi connectivity index (χ1) is 17.0. The number of hydrogen-bond acceptors (Lipinski definition) is 10. The Morgan fingerprint density at radius 2 is 2.00 bits per heavy atom. The minimum Gasteiger partial charge on any atom is -0.494 e. The average Bonchev–Trinajstić information content (AvgIpc) is 3.46. The third kappa shape index (κ3) is 5.30. The molecule has 0 fully saturated rings. The molecule has 35 heavy (non-hydrogen) atoms. The fraction of sp³-hybridized carbons (Fsp3) is 0.136. The van der Waals surface area contributed by atoms with E-state index in [4.69, 9.17) is 10.5 Å². The normalized spacial score (nSPS) is 10.9. The van der Waals surface area contributed by atoms with Crippen LogP contribution in [0.1, 0.15) is 29.9 Å². The van der Waals surface area contributed by atoms with Gasteiger partial charge in [0, 0.05) is 18.2 Å². The molecule has 0 radical (unpaired) electrons. The number of hydrazone groups is 1. The maximum atomic E-state index is 13.0. The van der Waals surface area contributed by atoms with Crippen LogP contribution >= 0.6 is 0 Å². The van der Waals surface area contributed by atoms with Gasteiger partial charge in [0.15, 0.2) is 5.69 Å². The van der Waals surface area contributed by atoms with Gasteiger partial charge in [-0.1, -0.05) is 29.5 Å². The van der Waals surface area contributed by atoms with Crippen molar-refractivity contribution in [2.24, 2.45) is 5.10 Å². The summed E-state index contributed by atoms with van der Waals surface area (Å²) in [6.45, 7) is 3.76. The molecule has 4 N–H and O–H groups in total. The third-order valence-corrected chi connectivity index (χ3v) is 4.61. The minimum atomic E-state index is -0.616. The molecule has 0 aliphatic carbocycles. The van der Waals surface area contributed by atoms with Crippen molar-refractivity contribution >= 4 is 29.5 Å². The molecule has 0 saturated carbocycles. The molecule has 4 aromatic rings. The summed E-state index contributed by atoms with van der Waals surface area (Å²) >= 11 is 0. The van der Waals surface area contributed by atoms with E-state index in [1.807, 2.05) is 6.92 Å². The zero-order chi connectivity index (χ0) is 24.8. The molecule has 2 aromatic heterocycles. The van der Waals surface area contributed by atoms with E-state index >= 15 is 0 Å². The summed E-state index contributed by atoms with van der Waals surface area (Å²) in [5, 5.41) is 22.0. The topological polar surface area (TPSA) is 175 Å². The maximum absolute atomic E-state index is 13.0. The summed E-state index contributed by atoms with van der Waals surface area (Å²) in [6, 6.07) is 14.0. The highest BCUT2D eigenvalue weighted by Gasteiger charge is 2.25. The number of ether oxygens (including phenoxy) is 1. The number of nitrogens with two attached hydrogens (primary N) is 1. The molecule has 2 amide bonds. The molecule has 4 rings (SSSR count). The zero-order valence-corrected chi connectivity index (χ0v) is 18.8. The van der Waals surface area contributed by atoms with Crippen LogP contribution in [0.2, 0.25) is 0 Å². The summed E-state index contributed by atoms with van der Waals surface area (Å²) in [6.07, 6.45) is 1.45. The monoisotopic (exact) mass is 475 g/mol. The lowest BCUT2D eigenvalue weighted by molar-refractivity contribution is -0.114.